The summed E-state index contributed by atoms with van der Waals surface area (Å²) >= 11 is 0. The normalized spacial score (nSPS) is 10.6. The number of nitrogens with zero attached hydrogens (tertiary/aromatic N) is 3. The van der Waals surface area contributed by atoms with Crippen molar-refractivity contribution in [2.45, 2.75) is 40.7 Å². The van der Waals surface area contributed by atoms with E-state index in [1.807, 2.05) is 24.9 Å². The Morgan fingerprint density at radius 3 is 2.39 bits per heavy atom. The molecule has 1 N–H and O–H groups in total. The van der Waals surface area contributed by atoms with Crippen LogP contribution in [0.5, 0.6) is 0 Å². The largest absolute Gasteiger partial charge is 0.349 e. The Morgan fingerprint density at radius 1 is 1.17 bits per heavy atom. The maximum Gasteiger partial charge on any atom is 0.106 e. The Bertz CT molecular complexity index is 347. The van der Waals surface area contributed by atoms with Crippen LogP contribution in [-0.2, 0) is 13.0 Å². The summed E-state index contributed by atoms with van der Waals surface area (Å²) in [5, 5.41) is 0. The van der Waals surface area contributed by atoms with E-state index in [1.54, 1.807) is 6.20 Å². The molecule has 0 bridgehead atoms. The van der Waals surface area contributed by atoms with Gasteiger partial charge in [0.25, 0.3) is 0 Å². The van der Waals surface area contributed by atoms with Gasteiger partial charge in [-0.3, -0.25) is 0 Å². The van der Waals surface area contributed by atoms with Crippen molar-refractivity contribution in [2.75, 3.05) is 0 Å². The Kier molecular flexibility index (Phi) is 6.19. The number of hydrogen-bond donors (Lipinski definition) is 1. The molecule has 0 radical (unpaired) electrons. The first-order chi connectivity index (χ1) is 8.58. The molecule has 0 aliphatic rings. The number of nitrogens with one attached hydrogen (secondary N) is 1. The monoisotopic (exact) mass is 248 g/mol. The van der Waals surface area contributed by atoms with Gasteiger partial charge < -0.3 is 9.55 Å². The lowest BCUT2D eigenvalue weighted by Crippen LogP contribution is -2.00. The predicted octanol–water partition coefficient (Wildman–Crippen LogP) is 3.15. The van der Waals surface area contributed by atoms with Crippen molar-refractivity contribution in [3.8, 4) is 0 Å². The molecule has 2 aromatic rings. The minimum absolute atomic E-state index is 0.691. The van der Waals surface area contributed by atoms with E-state index in [1.165, 1.54) is 0 Å². The molecule has 2 rings (SSSR count). The molecule has 0 saturated carbocycles. The fourth-order valence-electron chi connectivity index (χ4n) is 1.61. The minimum Gasteiger partial charge on any atom is -0.349 e. The fourth-order valence-corrected chi connectivity index (χ4v) is 1.61. The molecule has 4 heteroatoms. The van der Waals surface area contributed by atoms with Crippen molar-refractivity contribution in [3.05, 3.63) is 36.9 Å². The topological polar surface area (TPSA) is 46.5 Å². The summed E-state index contributed by atoms with van der Waals surface area (Å²) in [6.07, 6.45) is 10.3. The van der Waals surface area contributed by atoms with Crippen LogP contribution in [0.3, 0.4) is 0 Å². The third kappa shape index (κ3) is 6.23. The summed E-state index contributed by atoms with van der Waals surface area (Å²) in [6.45, 7) is 9.82. The SMILES string of the molecule is CC(C)Cc1ncc[nH]1.CC(C)Cn1ccnc1. The maximum absolute atomic E-state index is 4.10. The van der Waals surface area contributed by atoms with Crippen LogP contribution in [0, 0.1) is 11.8 Å². The summed E-state index contributed by atoms with van der Waals surface area (Å²) in [5.41, 5.74) is 0. The van der Waals surface area contributed by atoms with Gasteiger partial charge in [-0.15, -0.1) is 0 Å². The van der Waals surface area contributed by atoms with Gasteiger partial charge in [-0.25, -0.2) is 9.97 Å². The molecule has 0 aliphatic heterocycles. The standard InChI is InChI=1S/2C7H12N2/c1-7(2)5-9-4-3-8-6-9;1-6(2)5-7-8-3-4-9-7/h3-4,6-7H,5H2,1-2H3;3-4,6H,5H2,1-2H3,(H,8,9). The molecule has 0 atom stereocenters. The maximum atomic E-state index is 4.10. The van der Waals surface area contributed by atoms with Crippen molar-refractivity contribution in [1.82, 2.24) is 19.5 Å². The highest BCUT2D eigenvalue weighted by molar-refractivity contribution is 4.87. The molecule has 0 fully saturated rings. The highest BCUT2D eigenvalue weighted by atomic mass is 15.0. The minimum atomic E-state index is 0.691. The highest BCUT2D eigenvalue weighted by Gasteiger charge is 1.96. The third-order valence-electron chi connectivity index (χ3n) is 2.29. The zero-order valence-electron chi connectivity index (χ0n) is 11.8. The van der Waals surface area contributed by atoms with E-state index in [0.29, 0.717) is 11.8 Å². The van der Waals surface area contributed by atoms with Crippen LogP contribution in [0.2, 0.25) is 0 Å². The van der Waals surface area contributed by atoms with Crippen molar-refractivity contribution in [1.29, 1.82) is 0 Å². The first kappa shape index (κ1) is 14.5. The summed E-state index contributed by atoms with van der Waals surface area (Å²) in [4.78, 5) is 11.1. The van der Waals surface area contributed by atoms with Crippen molar-refractivity contribution < 1.29 is 0 Å². The molecule has 0 saturated heterocycles. The van der Waals surface area contributed by atoms with Crippen LogP contribution >= 0.6 is 0 Å². The molecule has 0 aliphatic carbocycles. The van der Waals surface area contributed by atoms with Crippen LogP contribution in [0.25, 0.3) is 0 Å². The fraction of sp³-hybridized carbons (Fsp3) is 0.571. The van der Waals surface area contributed by atoms with E-state index < -0.39 is 0 Å². The van der Waals surface area contributed by atoms with E-state index in [9.17, 15) is 0 Å². The quantitative estimate of drug-likeness (QED) is 0.903. The second-order valence-electron chi connectivity index (χ2n) is 5.29. The van der Waals surface area contributed by atoms with E-state index >= 15 is 0 Å². The molecule has 2 aromatic heterocycles. The second-order valence-corrected chi connectivity index (χ2v) is 5.29. The van der Waals surface area contributed by atoms with Gasteiger partial charge in [-0.2, -0.15) is 0 Å². The molecular formula is C14H24N4. The van der Waals surface area contributed by atoms with E-state index in [-0.39, 0.29) is 0 Å². The zero-order chi connectivity index (χ0) is 13.4. The van der Waals surface area contributed by atoms with Crippen molar-refractivity contribution in [2.24, 2.45) is 11.8 Å². The van der Waals surface area contributed by atoms with Gasteiger partial charge >= 0.3 is 0 Å². The van der Waals surface area contributed by atoms with Crippen LogP contribution in [0.1, 0.15) is 33.5 Å². The Morgan fingerprint density at radius 2 is 1.94 bits per heavy atom. The lowest BCUT2D eigenvalue weighted by atomic mass is 10.1. The van der Waals surface area contributed by atoms with Gasteiger partial charge in [0.2, 0.25) is 0 Å². The van der Waals surface area contributed by atoms with Gasteiger partial charge in [-0.05, 0) is 11.8 Å². The average molecular weight is 248 g/mol. The molecule has 100 valence electrons. The third-order valence-corrected chi connectivity index (χ3v) is 2.29. The predicted molar refractivity (Wildman–Crippen MR) is 74.2 cm³/mol. The number of imidazole rings is 2. The molecule has 0 aromatic carbocycles. The van der Waals surface area contributed by atoms with E-state index in [0.717, 1.165) is 18.8 Å². The summed E-state index contributed by atoms with van der Waals surface area (Å²) in [5.74, 6) is 2.49. The van der Waals surface area contributed by atoms with Gasteiger partial charge in [0.15, 0.2) is 0 Å². The molecule has 18 heavy (non-hydrogen) atoms. The van der Waals surface area contributed by atoms with Crippen molar-refractivity contribution in [3.63, 3.8) is 0 Å². The summed E-state index contributed by atoms with van der Waals surface area (Å²) < 4.78 is 2.09. The number of H-pyrrole nitrogens is 1. The number of aromatic amines is 1. The lowest BCUT2D eigenvalue weighted by Gasteiger charge is -2.03. The number of aromatic nitrogens is 4. The van der Waals surface area contributed by atoms with E-state index in [4.69, 9.17) is 0 Å². The van der Waals surface area contributed by atoms with Gasteiger partial charge in [0.05, 0.1) is 6.33 Å². The highest BCUT2D eigenvalue weighted by Crippen LogP contribution is 2.00. The second kappa shape index (κ2) is 7.69. The first-order valence-electron chi connectivity index (χ1n) is 6.52. The Hall–Kier alpha value is -1.58. The first-order valence-corrected chi connectivity index (χ1v) is 6.52. The number of hydrogen-bond acceptors (Lipinski definition) is 2. The van der Waals surface area contributed by atoms with Crippen molar-refractivity contribution >= 4 is 0 Å². The van der Waals surface area contributed by atoms with Gasteiger partial charge in [0.1, 0.15) is 5.82 Å². The van der Waals surface area contributed by atoms with E-state index in [2.05, 4.69) is 47.2 Å². The Balaban J connectivity index is 0.000000180. The molecular weight excluding hydrogens is 224 g/mol. The van der Waals surface area contributed by atoms with Gasteiger partial charge in [-0.1, -0.05) is 27.7 Å². The van der Waals surface area contributed by atoms with Crippen LogP contribution < -0.4 is 0 Å². The molecule has 4 nitrogen and oxygen atoms in total. The summed E-state index contributed by atoms with van der Waals surface area (Å²) in [7, 11) is 0. The molecule has 2 heterocycles. The number of rotatable bonds is 4. The Labute approximate surface area is 109 Å². The van der Waals surface area contributed by atoms with Gasteiger partial charge in [0, 0.05) is 37.8 Å². The van der Waals surface area contributed by atoms with Crippen LogP contribution in [0.4, 0.5) is 0 Å². The average Bonchev–Trinajstić information content (AvgIpc) is 2.90. The summed E-state index contributed by atoms with van der Waals surface area (Å²) in [6, 6.07) is 0. The lowest BCUT2D eigenvalue weighted by molar-refractivity contribution is 0.523. The molecule has 0 amide bonds. The molecule has 0 unspecified atom stereocenters. The van der Waals surface area contributed by atoms with Crippen LogP contribution in [-0.4, -0.2) is 19.5 Å². The molecule has 0 spiro atoms. The zero-order valence-corrected chi connectivity index (χ0v) is 11.8. The smallest absolute Gasteiger partial charge is 0.106 e. The van der Waals surface area contributed by atoms with Crippen LogP contribution in [0.15, 0.2) is 31.1 Å².